The van der Waals surface area contributed by atoms with Crippen molar-refractivity contribution in [3.8, 4) is 0 Å². The molecule has 4 aliphatic rings. The smallest absolute Gasteiger partial charge is 0.136 e. The lowest BCUT2D eigenvalue weighted by Crippen LogP contribution is -2.59. The van der Waals surface area contributed by atoms with Crippen LogP contribution < -0.4 is 0 Å². The van der Waals surface area contributed by atoms with Crippen LogP contribution in [0.2, 0.25) is 0 Å². The van der Waals surface area contributed by atoms with Crippen molar-refractivity contribution in [2.45, 2.75) is 117 Å². The molecular formula is C27H46O4. The highest BCUT2D eigenvalue weighted by atomic mass is 16.3. The van der Waals surface area contributed by atoms with Crippen LogP contribution in [0.3, 0.4) is 0 Å². The first kappa shape index (κ1) is 23.7. The molecule has 0 aromatic rings. The van der Waals surface area contributed by atoms with E-state index in [1.807, 2.05) is 6.92 Å². The Labute approximate surface area is 189 Å². The molecule has 31 heavy (non-hydrogen) atoms. The molecule has 0 saturated heterocycles. The SMILES string of the molecule is CC(C)CC(=O)C[C@](C)(O)[C@H]1CC[C@H]2[C@@H]3CC(O)C4CC(O)CC[C@]4(C)[C@H]3CC[C@@]21C. The molecular weight excluding hydrogens is 388 g/mol. The van der Waals surface area contributed by atoms with Gasteiger partial charge in [0.15, 0.2) is 0 Å². The van der Waals surface area contributed by atoms with Gasteiger partial charge >= 0.3 is 0 Å². The summed E-state index contributed by atoms with van der Waals surface area (Å²) in [7, 11) is 0. The predicted molar refractivity (Wildman–Crippen MR) is 122 cm³/mol. The minimum absolute atomic E-state index is 0.0415. The van der Waals surface area contributed by atoms with Crippen molar-refractivity contribution in [3.05, 3.63) is 0 Å². The van der Waals surface area contributed by atoms with E-state index in [9.17, 15) is 20.1 Å². The lowest BCUT2D eigenvalue weighted by Gasteiger charge is -2.62. The van der Waals surface area contributed by atoms with Gasteiger partial charge in [0.05, 0.1) is 17.8 Å². The fourth-order valence-electron chi connectivity index (χ4n) is 9.35. The van der Waals surface area contributed by atoms with Gasteiger partial charge in [-0.15, -0.1) is 0 Å². The quantitative estimate of drug-likeness (QED) is 0.584. The number of carbonyl (C=O) groups is 1. The number of fused-ring (bicyclic) bond motifs is 5. The van der Waals surface area contributed by atoms with Crippen molar-refractivity contribution in [2.24, 2.45) is 46.3 Å². The third kappa shape index (κ3) is 3.93. The number of hydrogen-bond acceptors (Lipinski definition) is 4. The molecule has 4 rings (SSSR count). The topological polar surface area (TPSA) is 77.8 Å². The Morgan fingerprint density at radius 2 is 1.61 bits per heavy atom. The van der Waals surface area contributed by atoms with E-state index in [2.05, 4.69) is 27.7 Å². The number of hydrogen-bond donors (Lipinski definition) is 3. The Morgan fingerprint density at radius 3 is 2.29 bits per heavy atom. The van der Waals surface area contributed by atoms with E-state index in [0.717, 1.165) is 51.4 Å². The summed E-state index contributed by atoms with van der Waals surface area (Å²) >= 11 is 0. The van der Waals surface area contributed by atoms with Crippen molar-refractivity contribution in [3.63, 3.8) is 0 Å². The van der Waals surface area contributed by atoms with Crippen LogP contribution in [0.15, 0.2) is 0 Å². The summed E-state index contributed by atoms with van der Waals surface area (Å²) in [5.41, 5.74) is -0.784. The molecule has 4 nitrogen and oxygen atoms in total. The third-order valence-corrected chi connectivity index (χ3v) is 10.6. The van der Waals surface area contributed by atoms with Crippen LogP contribution in [0.1, 0.15) is 98.8 Å². The molecule has 3 unspecified atom stereocenters. The summed E-state index contributed by atoms with van der Waals surface area (Å²) in [5, 5.41) is 32.9. The zero-order valence-corrected chi connectivity index (χ0v) is 20.4. The Hall–Kier alpha value is -0.450. The summed E-state index contributed by atoms with van der Waals surface area (Å²) < 4.78 is 0. The van der Waals surface area contributed by atoms with Crippen molar-refractivity contribution in [1.82, 2.24) is 0 Å². The van der Waals surface area contributed by atoms with Crippen LogP contribution in [0.25, 0.3) is 0 Å². The van der Waals surface area contributed by atoms with Gasteiger partial charge in [-0.2, -0.15) is 0 Å². The lowest BCUT2D eigenvalue weighted by molar-refractivity contribution is -0.179. The summed E-state index contributed by atoms with van der Waals surface area (Å²) in [6.45, 7) is 10.8. The second-order valence-corrected chi connectivity index (χ2v) is 13.1. The Kier molecular flexibility index (Phi) is 6.19. The number of rotatable bonds is 5. The van der Waals surface area contributed by atoms with E-state index in [1.54, 1.807) is 0 Å². The summed E-state index contributed by atoms with van der Waals surface area (Å²) in [5.74, 6) is 2.51. The molecule has 10 atom stereocenters. The fourth-order valence-corrected chi connectivity index (χ4v) is 9.35. The van der Waals surface area contributed by atoms with E-state index in [4.69, 9.17) is 0 Å². The summed E-state index contributed by atoms with van der Waals surface area (Å²) in [4.78, 5) is 12.6. The Balaban J connectivity index is 1.55. The lowest BCUT2D eigenvalue weighted by atomic mass is 9.43. The zero-order chi connectivity index (χ0) is 22.8. The maximum atomic E-state index is 12.6. The standard InChI is InChI=1S/C27H46O4/c1-16(2)12-18(29)15-27(5,31)24-7-6-20-19-14-23(30)22-13-17(28)8-10-25(22,3)21(19)9-11-26(20,24)4/h16-17,19-24,28,30-31H,6-15H2,1-5H3/t17?,19-,20-,21-,22?,23?,24-,25+,26-,27-/m0/s1. The molecule has 4 heteroatoms. The number of carbonyl (C=O) groups excluding carboxylic acids is 1. The second kappa shape index (κ2) is 8.09. The minimum Gasteiger partial charge on any atom is -0.393 e. The van der Waals surface area contributed by atoms with Crippen molar-refractivity contribution < 1.29 is 20.1 Å². The van der Waals surface area contributed by atoms with Crippen LogP contribution in [0, 0.1) is 46.3 Å². The van der Waals surface area contributed by atoms with E-state index < -0.39 is 5.60 Å². The van der Waals surface area contributed by atoms with Crippen LogP contribution in [-0.2, 0) is 4.79 Å². The monoisotopic (exact) mass is 434 g/mol. The largest absolute Gasteiger partial charge is 0.393 e. The van der Waals surface area contributed by atoms with Crippen molar-refractivity contribution >= 4 is 5.78 Å². The summed E-state index contributed by atoms with van der Waals surface area (Å²) in [6, 6.07) is 0. The molecule has 0 heterocycles. The Bertz CT molecular complexity index is 687. The fraction of sp³-hybridized carbons (Fsp3) is 0.963. The van der Waals surface area contributed by atoms with E-state index in [0.29, 0.717) is 30.1 Å². The zero-order valence-electron chi connectivity index (χ0n) is 20.4. The van der Waals surface area contributed by atoms with Crippen molar-refractivity contribution in [1.29, 1.82) is 0 Å². The van der Waals surface area contributed by atoms with Crippen LogP contribution >= 0.6 is 0 Å². The molecule has 4 fully saturated rings. The molecule has 0 bridgehead atoms. The van der Waals surface area contributed by atoms with Gasteiger partial charge in [0, 0.05) is 12.8 Å². The molecule has 0 aromatic carbocycles. The maximum absolute atomic E-state index is 12.6. The number of ketones is 1. The molecule has 0 radical (unpaired) electrons. The highest BCUT2D eigenvalue weighted by Crippen LogP contribution is 2.68. The molecule has 0 amide bonds. The second-order valence-electron chi connectivity index (χ2n) is 13.1. The first-order valence-electron chi connectivity index (χ1n) is 13.0. The van der Waals surface area contributed by atoms with Gasteiger partial charge in [0.1, 0.15) is 5.78 Å². The van der Waals surface area contributed by atoms with Gasteiger partial charge in [0.25, 0.3) is 0 Å². The summed E-state index contributed by atoms with van der Waals surface area (Å²) in [6.07, 6.45) is 8.07. The minimum atomic E-state index is -0.947. The highest BCUT2D eigenvalue weighted by Gasteiger charge is 2.63. The number of aliphatic hydroxyl groups is 3. The number of Topliss-reactive ketones (excluding diaryl/α,β-unsaturated/α-hetero) is 1. The molecule has 178 valence electrons. The molecule has 0 spiro atoms. The molecule has 0 aromatic heterocycles. The van der Waals surface area contributed by atoms with E-state index >= 15 is 0 Å². The average Bonchev–Trinajstić information content (AvgIpc) is 3.00. The van der Waals surface area contributed by atoms with E-state index in [-0.39, 0.29) is 47.1 Å². The van der Waals surface area contributed by atoms with Gasteiger partial charge < -0.3 is 15.3 Å². The molecule has 4 saturated carbocycles. The molecule has 4 aliphatic carbocycles. The van der Waals surface area contributed by atoms with Crippen LogP contribution in [-0.4, -0.2) is 38.9 Å². The van der Waals surface area contributed by atoms with Gasteiger partial charge in [0.2, 0.25) is 0 Å². The first-order chi connectivity index (χ1) is 14.4. The normalized spacial score (nSPS) is 49.1. The Morgan fingerprint density at radius 1 is 0.968 bits per heavy atom. The van der Waals surface area contributed by atoms with Gasteiger partial charge in [-0.1, -0.05) is 27.7 Å². The highest BCUT2D eigenvalue weighted by molar-refractivity contribution is 5.79. The van der Waals surface area contributed by atoms with Gasteiger partial charge in [-0.05, 0) is 105 Å². The van der Waals surface area contributed by atoms with E-state index in [1.165, 1.54) is 0 Å². The third-order valence-electron chi connectivity index (χ3n) is 10.6. The van der Waals surface area contributed by atoms with Crippen LogP contribution in [0.5, 0.6) is 0 Å². The predicted octanol–water partition coefficient (Wildman–Crippen LogP) is 4.73. The average molecular weight is 435 g/mol. The van der Waals surface area contributed by atoms with Gasteiger partial charge in [-0.3, -0.25) is 4.79 Å². The molecule has 0 aliphatic heterocycles. The van der Waals surface area contributed by atoms with Crippen LogP contribution in [0.4, 0.5) is 0 Å². The maximum Gasteiger partial charge on any atom is 0.136 e. The first-order valence-corrected chi connectivity index (χ1v) is 13.0. The molecule has 3 N–H and O–H groups in total. The number of aliphatic hydroxyl groups excluding tert-OH is 2. The van der Waals surface area contributed by atoms with Crippen molar-refractivity contribution in [2.75, 3.05) is 0 Å². The van der Waals surface area contributed by atoms with Gasteiger partial charge in [-0.25, -0.2) is 0 Å².